The van der Waals surface area contributed by atoms with Crippen LogP contribution in [0.15, 0.2) is 146 Å². The first-order valence-electron chi connectivity index (χ1n) is 14.5. The first-order valence-corrected chi connectivity index (χ1v) is 14.5. The summed E-state index contributed by atoms with van der Waals surface area (Å²) in [6, 6.07) is 50.5. The van der Waals surface area contributed by atoms with Crippen molar-refractivity contribution in [1.82, 2.24) is 15.0 Å². The minimum atomic E-state index is 0. The van der Waals surface area contributed by atoms with Crippen molar-refractivity contribution in [2.75, 3.05) is 0 Å². The van der Waals surface area contributed by atoms with E-state index in [-0.39, 0.29) is 108 Å². The van der Waals surface area contributed by atoms with Crippen LogP contribution in [0.5, 0.6) is 0 Å². The van der Waals surface area contributed by atoms with Gasteiger partial charge in [0.15, 0.2) is 0 Å². The predicted octanol–water partition coefficient (Wildman–Crippen LogP) is 11.6. The molecule has 0 atom stereocenters. The van der Waals surface area contributed by atoms with E-state index >= 15 is 0 Å². The molecule has 0 spiro atoms. The Bertz CT molecular complexity index is 1110. The zero-order valence-corrected chi connectivity index (χ0v) is 39.3. The van der Waals surface area contributed by atoms with Crippen molar-refractivity contribution >= 4 is 0 Å². The second kappa shape index (κ2) is 41.3. The molecule has 48 heavy (non-hydrogen) atoms. The van der Waals surface area contributed by atoms with E-state index < -0.39 is 0 Å². The van der Waals surface area contributed by atoms with Gasteiger partial charge in [0.25, 0.3) is 0 Å². The fraction of sp³-hybridized carbons (Fsp3) is 0.146. The predicted molar refractivity (Wildman–Crippen MR) is 192 cm³/mol. The Morgan fingerprint density at radius 3 is 0.750 bits per heavy atom. The molecule has 3 aromatic heterocycles. The Morgan fingerprint density at radius 2 is 0.583 bits per heavy atom. The number of aromatic nitrogens is 3. The molecule has 3 nitrogen and oxygen atoms in total. The molecule has 262 valence electrons. The zero-order valence-electron chi connectivity index (χ0n) is 29.3. The number of hydrogen-bond donors (Lipinski definition) is 0. The minimum Gasteiger partial charge on any atom is -0.358 e. The molecule has 3 heterocycles. The van der Waals surface area contributed by atoms with E-state index in [1.54, 1.807) is 18.6 Å². The SMILES string of the molecule is CC.CC.CC.[CH3-].[CH3-].[Ir].[Ir].[Ir].[Y].[c-]1ccccc1-c1ccccn1.[c-]1ccccc1-c1ccccn1.[c-]1ccccc1-c1ccccn1. The van der Waals surface area contributed by atoms with E-state index in [1.807, 2.05) is 169 Å². The summed E-state index contributed by atoms with van der Waals surface area (Å²) in [5.74, 6) is 0. The van der Waals surface area contributed by atoms with E-state index in [0.29, 0.717) is 0 Å². The molecule has 4 radical (unpaired) electrons. The van der Waals surface area contributed by atoms with E-state index in [9.17, 15) is 0 Å². The van der Waals surface area contributed by atoms with Gasteiger partial charge in [-0.15, -0.1) is 108 Å². The van der Waals surface area contributed by atoms with Crippen molar-refractivity contribution < 1.29 is 93.0 Å². The quantitative estimate of drug-likeness (QED) is 0.166. The van der Waals surface area contributed by atoms with Gasteiger partial charge in [0.2, 0.25) is 0 Å². The maximum atomic E-state index is 4.22. The van der Waals surface area contributed by atoms with Crippen LogP contribution >= 0.6 is 0 Å². The van der Waals surface area contributed by atoms with Gasteiger partial charge in [0, 0.05) is 112 Å². The Hall–Kier alpha value is -1.84. The van der Waals surface area contributed by atoms with Crippen molar-refractivity contribution in [2.24, 2.45) is 0 Å². The van der Waals surface area contributed by atoms with Crippen LogP contribution in [0.4, 0.5) is 0 Å². The van der Waals surface area contributed by atoms with Gasteiger partial charge in [-0.05, 0) is 35.3 Å². The van der Waals surface area contributed by atoms with E-state index in [0.717, 1.165) is 33.8 Å². The minimum absolute atomic E-state index is 0. The first kappa shape index (κ1) is 58.4. The molecule has 0 N–H and O–H groups in total. The van der Waals surface area contributed by atoms with Gasteiger partial charge in [-0.1, -0.05) is 77.9 Å². The van der Waals surface area contributed by atoms with Crippen molar-refractivity contribution in [3.63, 3.8) is 0 Å². The second-order valence-electron chi connectivity index (χ2n) is 7.47. The molecule has 3 aromatic carbocycles. The third-order valence-electron chi connectivity index (χ3n) is 4.95. The summed E-state index contributed by atoms with van der Waals surface area (Å²) in [7, 11) is 0. The van der Waals surface area contributed by atoms with Gasteiger partial charge in [-0.2, -0.15) is 0 Å². The van der Waals surface area contributed by atoms with Crippen LogP contribution < -0.4 is 0 Å². The van der Waals surface area contributed by atoms with Crippen LogP contribution in [0.3, 0.4) is 0 Å². The third kappa shape index (κ3) is 24.3. The molecule has 0 aliphatic heterocycles. The summed E-state index contributed by atoms with van der Waals surface area (Å²) in [5.41, 5.74) is 6.03. The summed E-state index contributed by atoms with van der Waals surface area (Å²) in [6.07, 6.45) is 5.36. The van der Waals surface area contributed by atoms with Crippen LogP contribution in [-0.2, 0) is 93.0 Å². The Labute approximate surface area is 358 Å². The van der Waals surface area contributed by atoms with Crippen molar-refractivity contribution in [2.45, 2.75) is 41.5 Å². The topological polar surface area (TPSA) is 38.7 Å². The summed E-state index contributed by atoms with van der Waals surface area (Å²) >= 11 is 0. The number of rotatable bonds is 3. The van der Waals surface area contributed by atoms with Gasteiger partial charge < -0.3 is 29.8 Å². The molecule has 0 saturated carbocycles. The molecule has 0 saturated heterocycles. The standard InChI is InChI=1S/3C11H8N.3C2H6.2CH3.3Ir.Y/c3*1-2-6-10(7-3-1)11-8-4-5-9-12-11;3*1-2;;;;;;/h3*1-6,8-9H;3*1-2H3;2*1H3;;;;/q3*-1;;;;2*-1;;;;. The smallest absolute Gasteiger partial charge is 0.0160 e. The van der Waals surface area contributed by atoms with Crippen molar-refractivity contribution in [3.8, 4) is 33.8 Å². The summed E-state index contributed by atoms with van der Waals surface area (Å²) in [5, 5.41) is 0. The first-order chi connectivity index (χ1) is 20.9. The van der Waals surface area contributed by atoms with Crippen molar-refractivity contribution in [1.29, 1.82) is 0 Å². The molecule has 0 aliphatic carbocycles. The van der Waals surface area contributed by atoms with E-state index in [2.05, 4.69) is 33.2 Å². The average molecular weight is 1250 g/mol. The summed E-state index contributed by atoms with van der Waals surface area (Å²) in [4.78, 5) is 12.7. The van der Waals surface area contributed by atoms with Crippen LogP contribution in [0.2, 0.25) is 0 Å². The zero-order chi connectivity index (χ0) is 30.7. The van der Waals surface area contributed by atoms with Gasteiger partial charge in [-0.25, -0.2) is 0 Å². The Kier molecular flexibility index (Phi) is 50.3. The molecular weight excluding hydrogens is 1200 g/mol. The second-order valence-corrected chi connectivity index (χ2v) is 7.47. The Balaban J connectivity index is -0.000000121. The normalized spacial score (nSPS) is 7.62. The fourth-order valence-electron chi connectivity index (χ4n) is 3.22. The van der Waals surface area contributed by atoms with Crippen LogP contribution in [-0.4, -0.2) is 15.0 Å². The average Bonchev–Trinajstić information content (AvgIpc) is 3.14. The summed E-state index contributed by atoms with van der Waals surface area (Å²) < 4.78 is 0. The number of nitrogens with zero attached hydrogens (tertiary/aromatic N) is 3. The monoisotopic (exact) mass is 1250 g/mol. The number of benzene rings is 3. The van der Waals surface area contributed by atoms with Gasteiger partial charge in [0.1, 0.15) is 0 Å². The Morgan fingerprint density at radius 1 is 0.354 bits per heavy atom. The molecule has 0 unspecified atom stereocenters. The molecule has 6 aromatic rings. The van der Waals surface area contributed by atoms with Gasteiger partial charge in [-0.3, -0.25) is 0 Å². The largest absolute Gasteiger partial charge is 0.358 e. The molecule has 6 rings (SSSR count). The maximum Gasteiger partial charge on any atom is 0.0160 e. The van der Waals surface area contributed by atoms with Crippen molar-refractivity contribution in [3.05, 3.63) is 179 Å². The number of pyridine rings is 3. The molecule has 7 heteroatoms. The van der Waals surface area contributed by atoms with Gasteiger partial charge in [0.05, 0.1) is 0 Å². The number of hydrogen-bond acceptors (Lipinski definition) is 3. The molecule has 0 fully saturated rings. The van der Waals surface area contributed by atoms with Crippen LogP contribution in [0, 0.1) is 33.1 Å². The van der Waals surface area contributed by atoms with E-state index in [1.165, 1.54) is 0 Å². The summed E-state index contributed by atoms with van der Waals surface area (Å²) in [6.45, 7) is 12.0. The maximum absolute atomic E-state index is 4.22. The molecular formula is C41H48Ir3N3Y-5. The molecule has 0 aliphatic rings. The third-order valence-corrected chi connectivity index (χ3v) is 4.95. The van der Waals surface area contributed by atoms with Gasteiger partial charge >= 0.3 is 0 Å². The molecule has 0 amide bonds. The van der Waals surface area contributed by atoms with Crippen LogP contribution in [0.25, 0.3) is 33.8 Å². The van der Waals surface area contributed by atoms with Crippen LogP contribution in [0.1, 0.15) is 41.5 Å². The molecule has 0 bridgehead atoms. The van der Waals surface area contributed by atoms with E-state index in [4.69, 9.17) is 0 Å². The fourth-order valence-corrected chi connectivity index (χ4v) is 3.22.